The summed E-state index contributed by atoms with van der Waals surface area (Å²) in [6, 6.07) is 1.25. The van der Waals surface area contributed by atoms with Crippen molar-refractivity contribution in [1.82, 2.24) is 4.57 Å². The molecule has 0 saturated carbocycles. The Bertz CT molecular complexity index is 931. The van der Waals surface area contributed by atoms with Crippen molar-refractivity contribution >= 4 is 22.6 Å². The van der Waals surface area contributed by atoms with Crippen molar-refractivity contribution in [1.29, 1.82) is 0 Å². The number of carboxylic acids is 1. The van der Waals surface area contributed by atoms with E-state index in [1.165, 1.54) is 12.3 Å². The minimum atomic E-state index is -1.28. The maximum atomic E-state index is 14.9. The molecule has 25 heavy (non-hydrogen) atoms. The lowest BCUT2D eigenvalue weighted by atomic mass is 9.93. The van der Waals surface area contributed by atoms with Crippen LogP contribution < -0.4 is 10.3 Å². The van der Waals surface area contributed by atoms with E-state index in [2.05, 4.69) is 0 Å². The molecule has 1 fully saturated rings. The maximum absolute atomic E-state index is 14.9. The van der Waals surface area contributed by atoms with Crippen LogP contribution in [-0.2, 0) is 11.2 Å². The number of ether oxygens (including phenoxy) is 1. The maximum Gasteiger partial charge on any atom is 0.341 e. The number of pyridine rings is 1. The highest BCUT2D eigenvalue weighted by Gasteiger charge is 2.29. The van der Waals surface area contributed by atoms with Gasteiger partial charge >= 0.3 is 5.97 Å². The van der Waals surface area contributed by atoms with E-state index in [0.717, 1.165) is 12.0 Å². The van der Waals surface area contributed by atoms with E-state index in [1.54, 1.807) is 0 Å². The number of rotatable bonds is 2. The molecule has 0 radical (unpaired) electrons. The molecule has 3 heterocycles. The Kier molecular flexibility index (Phi) is 3.76. The molecule has 6 nitrogen and oxygen atoms in total. The lowest BCUT2D eigenvalue weighted by molar-refractivity contribution is 0.0694. The van der Waals surface area contributed by atoms with Gasteiger partial charge in [-0.2, -0.15) is 0 Å². The first kappa shape index (κ1) is 16.1. The van der Waals surface area contributed by atoms with Crippen LogP contribution in [0.25, 0.3) is 10.9 Å². The van der Waals surface area contributed by atoms with Crippen LogP contribution >= 0.6 is 0 Å². The summed E-state index contributed by atoms with van der Waals surface area (Å²) in [6.07, 6.45) is 2.83. The predicted octanol–water partition coefficient (Wildman–Crippen LogP) is 2.18. The molecule has 7 heteroatoms. The van der Waals surface area contributed by atoms with Gasteiger partial charge in [0.15, 0.2) is 0 Å². The molecule has 1 atom stereocenters. The van der Waals surface area contributed by atoms with Gasteiger partial charge in [-0.15, -0.1) is 0 Å². The molecule has 1 N–H and O–H groups in total. The molecule has 0 bridgehead atoms. The first-order valence-electron chi connectivity index (χ1n) is 8.45. The van der Waals surface area contributed by atoms with E-state index in [1.807, 2.05) is 16.4 Å². The highest BCUT2D eigenvalue weighted by molar-refractivity contribution is 5.95. The molecule has 0 spiro atoms. The van der Waals surface area contributed by atoms with Crippen LogP contribution in [0.4, 0.5) is 10.1 Å². The van der Waals surface area contributed by atoms with Crippen LogP contribution in [0.5, 0.6) is 0 Å². The minimum Gasteiger partial charge on any atom is -0.477 e. The first-order chi connectivity index (χ1) is 12.0. The number of aromatic carboxylic acids is 1. The summed E-state index contributed by atoms with van der Waals surface area (Å²) in [7, 11) is 0. The summed E-state index contributed by atoms with van der Waals surface area (Å²) in [6.45, 7) is 4.26. The van der Waals surface area contributed by atoms with E-state index in [-0.39, 0.29) is 17.0 Å². The average Bonchev–Trinajstić information content (AvgIpc) is 2.60. The van der Waals surface area contributed by atoms with Gasteiger partial charge in [0.05, 0.1) is 24.4 Å². The largest absolute Gasteiger partial charge is 0.477 e. The lowest BCUT2D eigenvalue weighted by Gasteiger charge is -2.34. The molecule has 0 aliphatic carbocycles. The number of halogens is 1. The molecular formula is C18H19FN2O4. The molecule has 1 saturated heterocycles. The number of aryl methyl sites for hydroxylation is 1. The zero-order valence-corrected chi connectivity index (χ0v) is 13.9. The number of benzene rings is 1. The number of aromatic nitrogens is 1. The molecule has 0 unspecified atom stereocenters. The van der Waals surface area contributed by atoms with Gasteiger partial charge in [0.25, 0.3) is 0 Å². The van der Waals surface area contributed by atoms with Crippen LogP contribution in [0.1, 0.15) is 35.3 Å². The van der Waals surface area contributed by atoms with E-state index in [4.69, 9.17) is 4.74 Å². The Labute approximate surface area is 143 Å². The molecule has 132 valence electrons. The second kappa shape index (κ2) is 5.84. The first-order valence-corrected chi connectivity index (χ1v) is 8.45. The van der Waals surface area contributed by atoms with E-state index in [9.17, 15) is 19.1 Å². The highest BCUT2D eigenvalue weighted by Crippen LogP contribution is 2.38. The number of hydrogen-bond acceptors (Lipinski definition) is 4. The fourth-order valence-electron chi connectivity index (χ4n) is 3.92. The van der Waals surface area contributed by atoms with Gasteiger partial charge in [0.1, 0.15) is 11.4 Å². The predicted molar refractivity (Wildman–Crippen MR) is 91.2 cm³/mol. The lowest BCUT2D eigenvalue weighted by Crippen LogP contribution is -2.38. The van der Waals surface area contributed by atoms with Crippen LogP contribution in [0.2, 0.25) is 0 Å². The molecule has 2 aliphatic heterocycles. The standard InChI is InChI=1S/C18H19FN2O4/c1-10-2-3-11-15-12(17(22)13(18(23)24)9-21(10)15)8-14(19)16(11)20-4-6-25-7-5-20/h8-10H,2-7H2,1H3,(H,23,24)/t10-/m0/s1. The third-order valence-electron chi connectivity index (χ3n) is 5.18. The molecule has 1 aromatic carbocycles. The third-order valence-corrected chi connectivity index (χ3v) is 5.18. The topological polar surface area (TPSA) is 71.8 Å². The summed E-state index contributed by atoms with van der Waals surface area (Å²) in [5.74, 6) is -1.75. The van der Waals surface area contributed by atoms with Crippen molar-refractivity contribution in [3.8, 4) is 0 Å². The monoisotopic (exact) mass is 346 g/mol. The van der Waals surface area contributed by atoms with Crippen LogP contribution in [0.3, 0.4) is 0 Å². The van der Waals surface area contributed by atoms with Crippen molar-refractivity contribution < 1.29 is 19.0 Å². The van der Waals surface area contributed by atoms with Gasteiger partial charge < -0.3 is 19.3 Å². The molecule has 4 rings (SSSR count). The Morgan fingerprint density at radius 2 is 2.08 bits per heavy atom. The third kappa shape index (κ3) is 2.41. The smallest absolute Gasteiger partial charge is 0.341 e. The van der Waals surface area contributed by atoms with Gasteiger partial charge in [-0.1, -0.05) is 0 Å². The second-order valence-electron chi connectivity index (χ2n) is 6.65. The summed E-state index contributed by atoms with van der Waals surface area (Å²) < 4.78 is 22.1. The van der Waals surface area contributed by atoms with E-state index in [0.29, 0.717) is 43.9 Å². The SMILES string of the molecule is C[C@H]1CCc2c(N3CCOCC3)c(F)cc3c(=O)c(C(=O)O)cn1c23. The van der Waals surface area contributed by atoms with Gasteiger partial charge in [-0.25, -0.2) is 9.18 Å². The van der Waals surface area contributed by atoms with Crippen molar-refractivity contribution in [3.63, 3.8) is 0 Å². The normalized spacial score (nSPS) is 20.1. The average molecular weight is 346 g/mol. The molecule has 1 aromatic heterocycles. The summed E-state index contributed by atoms with van der Waals surface area (Å²) >= 11 is 0. The quantitative estimate of drug-likeness (QED) is 0.902. The van der Waals surface area contributed by atoms with Gasteiger partial charge in [0.2, 0.25) is 5.43 Å². The van der Waals surface area contributed by atoms with E-state index >= 15 is 0 Å². The summed E-state index contributed by atoms with van der Waals surface area (Å²) in [4.78, 5) is 25.9. The van der Waals surface area contributed by atoms with Crippen molar-refractivity contribution in [3.05, 3.63) is 39.4 Å². The number of anilines is 1. The number of carboxylic acid groups (broad SMARTS) is 1. The minimum absolute atomic E-state index is 0.0525. The van der Waals surface area contributed by atoms with Gasteiger partial charge in [0, 0.05) is 36.3 Å². The number of nitrogens with zero attached hydrogens (tertiary/aromatic N) is 2. The second-order valence-corrected chi connectivity index (χ2v) is 6.65. The Morgan fingerprint density at radius 1 is 1.36 bits per heavy atom. The summed E-state index contributed by atoms with van der Waals surface area (Å²) in [5.41, 5.74) is 1.05. The Morgan fingerprint density at radius 3 is 2.76 bits per heavy atom. The van der Waals surface area contributed by atoms with Crippen molar-refractivity contribution in [2.45, 2.75) is 25.8 Å². The van der Waals surface area contributed by atoms with Gasteiger partial charge in [-0.05, 0) is 25.8 Å². The number of carbonyl (C=O) groups is 1. The zero-order chi connectivity index (χ0) is 17.7. The van der Waals surface area contributed by atoms with Crippen LogP contribution in [0, 0.1) is 5.82 Å². The van der Waals surface area contributed by atoms with Crippen LogP contribution in [0.15, 0.2) is 17.1 Å². The molecule has 2 aromatic rings. The molecular weight excluding hydrogens is 327 g/mol. The number of hydrogen-bond donors (Lipinski definition) is 1. The van der Waals surface area contributed by atoms with Gasteiger partial charge in [-0.3, -0.25) is 4.79 Å². The van der Waals surface area contributed by atoms with Crippen molar-refractivity contribution in [2.75, 3.05) is 31.2 Å². The fourth-order valence-corrected chi connectivity index (χ4v) is 3.92. The Balaban J connectivity index is 2.06. The summed E-state index contributed by atoms with van der Waals surface area (Å²) in [5, 5.41) is 9.47. The Hall–Kier alpha value is -2.41. The highest BCUT2D eigenvalue weighted by atomic mass is 19.1. The van der Waals surface area contributed by atoms with Crippen LogP contribution in [-0.4, -0.2) is 41.9 Å². The van der Waals surface area contributed by atoms with Crippen molar-refractivity contribution in [2.24, 2.45) is 0 Å². The molecule has 0 amide bonds. The molecule has 2 aliphatic rings. The zero-order valence-electron chi connectivity index (χ0n) is 13.9. The fraction of sp³-hybridized carbons (Fsp3) is 0.444. The van der Waals surface area contributed by atoms with E-state index < -0.39 is 17.2 Å². The number of morpholine rings is 1.